The standard InChI is InChI=1S/C17H18F2N2O2/c1-21(2)13-6-3-11(4-7-13)16(22)10-20-17(23)12-5-8-14(18)15(19)9-12/h3-9,16,22H,10H2,1-2H3,(H,20,23). The second-order valence-electron chi connectivity index (χ2n) is 5.34. The topological polar surface area (TPSA) is 52.6 Å². The van der Waals surface area contributed by atoms with E-state index in [1.807, 2.05) is 31.1 Å². The van der Waals surface area contributed by atoms with Crippen LogP contribution in [0.4, 0.5) is 14.5 Å². The minimum absolute atomic E-state index is 0.000874. The van der Waals surface area contributed by atoms with Gasteiger partial charge in [-0.25, -0.2) is 8.78 Å². The lowest BCUT2D eigenvalue weighted by atomic mass is 10.1. The Morgan fingerprint density at radius 2 is 1.78 bits per heavy atom. The van der Waals surface area contributed by atoms with Gasteiger partial charge in [-0.1, -0.05) is 12.1 Å². The normalized spacial score (nSPS) is 11.9. The van der Waals surface area contributed by atoms with E-state index in [2.05, 4.69) is 5.32 Å². The summed E-state index contributed by atoms with van der Waals surface area (Å²) in [5.74, 6) is -2.67. The lowest BCUT2D eigenvalue weighted by Crippen LogP contribution is -2.28. The van der Waals surface area contributed by atoms with Crippen molar-refractivity contribution in [3.05, 3.63) is 65.2 Å². The van der Waals surface area contributed by atoms with Crippen molar-refractivity contribution < 1.29 is 18.7 Å². The minimum atomic E-state index is -1.09. The highest BCUT2D eigenvalue weighted by molar-refractivity contribution is 5.94. The monoisotopic (exact) mass is 320 g/mol. The Labute approximate surface area is 133 Å². The number of hydrogen-bond acceptors (Lipinski definition) is 3. The first-order valence-electron chi connectivity index (χ1n) is 7.07. The van der Waals surface area contributed by atoms with E-state index >= 15 is 0 Å². The highest BCUT2D eigenvalue weighted by Crippen LogP contribution is 2.17. The van der Waals surface area contributed by atoms with Gasteiger partial charge in [0.1, 0.15) is 0 Å². The predicted octanol–water partition coefficient (Wildman–Crippen LogP) is 2.49. The van der Waals surface area contributed by atoms with Crippen LogP contribution in [-0.2, 0) is 0 Å². The summed E-state index contributed by atoms with van der Waals surface area (Å²) in [7, 11) is 3.82. The molecule has 2 aromatic carbocycles. The van der Waals surface area contributed by atoms with Crippen LogP contribution in [0.3, 0.4) is 0 Å². The maximum Gasteiger partial charge on any atom is 0.251 e. The second kappa shape index (κ2) is 7.19. The second-order valence-corrected chi connectivity index (χ2v) is 5.34. The van der Waals surface area contributed by atoms with Gasteiger partial charge in [0.15, 0.2) is 11.6 Å². The molecule has 0 aliphatic rings. The first-order valence-corrected chi connectivity index (χ1v) is 7.07. The van der Waals surface area contributed by atoms with Crippen molar-refractivity contribution in [2.24, 2.45) is 0 Å². The van der Waals surface area contributed by atoms with Crippen LogP contribution in [-0.4, -0.2) is 31.7 Å². The average Bonchev–Trinajstić information content (AvgIpc) is 2.54. The number of aliphatic hydroxyl groups excluding tert-OH is 1. The van der Waals surface area contributed by atoms with Gasteiger partial charge >= 0.3 is 0 Å². The molecule has 0 heterocycles. The fourth-order valence-corrected chi connectivity index (χ4v) is 2.04. The third kappa shape index (κ3) is 4.26. The molecule has 0 aromatic heterocycles. The molecule has 0 aliphatic heterocycles. The molecule has 2 rings (SSSR count). The molecule has 0 spiro atoms. The molecule has 1 atom stereocenters. The van der Waals surface area contributed by atoms with E-state index in [0.717, 1.165) is 17.8 Å². The molecule has 4 nitrogen and oxygen atoms in total. The molecule has 122 valence electrons. The summed E-state index contributed by atoms with van der Waals surface area (Å²) in [5.41, 5.74) is 1.65. The zero-order chi connectivity index (χ0) is 17.0. The van der Waals surface area contributed by atoms with Crippen LogP contribution in [0.5, 0.6) is 0 Å². The molecule has 0 fully saturated rings. The lowest BCUT2D eigenvalue weighted by molar-refractivity contribution is 0.0916. The number of rotatable bonds is 5. The first kappa shape index (κ1) is 16.9. The SMILES string of the molecule is CN(C)c1ccc(C(O)CNC(=O)c2ccc(F)c(F)c2)cc1. The molecule has 0 bridgehead atoms. The van der Waals surface area contributed by atoms with Crippen molar-refractivity contribution in [1.82, 2.24) is 5.32 Å². The number of aliphatic hydroxyl groups is 1. The molecule has 2 N–H and O–H groups in total. The predicted molar refractivity (Wildman–Crippen MR) is 84.4 cm³/mol. The quantitative estimate of drug-likeness (QED) is 0.890. The van der Waals surface area contributed by atoms with E-state index in [4.69, 9.17) is 0 Å². The molecule has 1 unspecified atom stereocenters. The summed E-state index contributed by atoms with van der Waals surface area (Å²) in [5, 5.41) is 12.6. The Bertz CT molecular complexity index is 687. The Morgan fingerprint density at radius 3 is 2.35 bits per heavy atom. The lowest BCUT2D eigenvalue weighted by Gasteiger charge is -2.15. The number of carbonyl (C=O) groups excluding carboxylic acids is 1. The van der Waals surface area contributed by atoms with Crippen molar-refractivity contribution >= 4 is 11.6 Å². The number of hydrogen-bond donors (Lipinski definition) is 2. The maximum atomic E-state index is 13.1. The highest BCUT2D eigenvalue weighted by Gasteiger charge is 2.13. The highest BCUT2D eigenvalue weighted by atomic mass is 19.2. The van der Waals surface area contributed by atoms with E-state index in [9.17, 15) is 18.7 Å². The van der Waals surface area contributed by atoms with Crippen LogP contribution in [0.15, 0.2) is 42.5 Å². The van der Waals surface area contributed by atoms with E-state index in [-0.39, 0.29) is 12.1 Å². The van der Waals surface area contributed by atoms with Crippen LogP contribution in [0.25, 0.3) is 0 Å². The molecular formula is C17H18F2N2O2. The van der Waals surface area contributed by atoms with E-state index < -0.39 is 23.6 Å². The van der Waals surface area contributed by atoms with E-state index in [1.54, 1.807) is 12.1 Å². The van der Waals surface area contributed by atoms with Gasteiger partial charge in [-0.2, -0.15) is 0 Å². The van der Waals surface area contributed by atoms with Crippen LogP contribution >= 0.6 is 0 Å². The Hall–Kier alpha value is -2.47. The molecule has 2 aromatic rings. The summed E-state index contributed by atoms with van der Waals surface area (Å²) in [6.07, 6.45) is -0.888. The maximum absolute atomic E-state index is 13.1. The van der Waals surface area contributed by atoms with Gasteiger partial charge < -0.3 is 15.3 Å². The van der Waals surface area contributed by atoms with E-state index in [0.29, 0.717) is 5.56 Å². The van der Waals surface area contributed by atoms with Crippen LogP contribution in [0.2, 0.25) is 0 Å². The number of benzene rings is 2. The number of nitrogens with zero attached hydrogens (tertiary/aromatic N) is 1. The van der Waals surface area contributed by atoms with Gasteiger partial charge in [0.25, 0.3) is 5.91 Å². The first-order chi connectivity index (χ1) is 10.9. The molecule has 1 amide bonds. The molecule has 23 heavy (non-hydrogen) atoms. The number of nitrogens with one attached hydrogen (secondary N) is 1. The fraction of sp³-hybridized carbons (Fsp3) is 0.235. The van der Waals surface area contributed by atoms with Gasteiger partial charge in [-0.05, 0) is 35.9 Å². The van der Waals surface area contributed by atoms with Crippen molar-refractivity contribution in [3.63, 3.8) is 0 Å². The number of anilines is 1. The summed E-state index contributed by atoms with van der Waals surface area (Å²) >= 11 is 0. The fourth-order valence-electron chi connectivity index (χ4n) is 2.04. The third-order valence-corrected chi connectivity index (χ3v) is 3.43. The zero-order valence-corrected chi connectivity index (χ0v) is 12.9. The number of carbonyl (C=O) groups is 1. The van der Waals surface area contributed by atoms with Crippen LogP contribution in [0.1, 0.15) is 22.0 Å². The molecule has 0 radical (unpaired) electrons. The molecule has 6 heteroatoms. The Balaban J connectivity index is 1.96. The number of amides is 1. The van der Waals surface area contributed by atoms with Crippen LogP contribution in [0, 0.1) is 11.6 Å². The van der Waals surface area contributed by atoms with Crippen LogP contribution < -0.4 is 10.2 Å². The van der Waals surface area contributed by atoms with E-state index in [1.165, 1.54) is 6.07 Å². The minimum Gasteiger partial charge on any atom is -0.387 e. The zero-order valence-electron chi connectivity index (χ0n) is 12.9. The van der Waals surface area contributed by atoms with Crippen molar-refractivity contribution in [1.29, 1.82) is 0 Å². The molecule has 0 saturated carbocycles. The van der Waals surface area contributed by atoms with Gasteiger partial charge in [0.2, 0.25) is 0 Å². The largest absolute Gasteiger partial charge is 0.387 e. The smallest absolute Gasteiger partial charge is 0.251 e. The Morgan fingerprint density at radius 1 is 1.13 bits per heavy atom. The average molecular weight is 320 g/mol. The Kier molecular flexibility index (Phi) is 5.28. The van der Waals surface area contributed by atoms with Crippen molar-refractivity contribution in [2.45, 2.75) is 6.10 Å². The van der Waals surface area contributed by atoms with Gasteiger partial charge in [0, 0.05) is 31.9 Å². The van der Waals surface area contributed by atoms with Crippen molar-refractivity contribution in [3.8, 4) is 0 Å². The van der Waals surface area contributed by atoms with Crippen molar-refractivity contribution in [2.75, 3.05) is 25.5 Å². The van der Waals surface area contributed by atoms with Gasteiger partial charge in [-0.15, -0.1) is 0 Å². The molecule has 0 saturated heterocycles. The molecular weight excluding hydrogens is 302 g/mol. The summed E-state index contributed by atoms with van der Waals surface area (Å²) < 4.78 is 25.9. The summed E-state index contributed by atoms with van der Waals surface area (Å²) in [6, 6.07) is 10.1. The number of halogens is 2. The van der Waals surface area contributed by atoms with Gasteiger partial charge in [0.05, 0.1) is 6.10 Å². The van der Waals surface area contributed by atoms with Gasteiger partial charge in [-0.3, -0.25) is 4.79 Å². The summed E-state index contributed by atoms with van der Waals surface area (Å²) in [6.45, 7) is -0.0286. The summed E-state index contributed by atoms with van der Waals surface area (Å²) in [4.78, 5) is 13.8. The third-order valence-electron chi connectivity index (χ3n) is 3.43. The molecule has 0 aliphatic carbocycles.